The molecule has 0 radical (unpaired) electrons. The van der Waals surface area contributed by atoms with E-state index in [1.807, 2.05) is 0 Å². The van der Waals surface area contributed by atoms with E-state index in [0.29, 0.717) is 6.20 Å². The summed E-state index contributed by atoms with van der Waals surface area (Å²) in [5.41, 5.74) is -1.00. The van der Waals surface area contributed by atoms with Crippen molar-refractivity contribution in [1.29, 1.82) is 0 Å². The lowest BCUT2D eigenvalue weighted by Crippen LogP contribution is -1.95. The van der Waals surface area contributed by atoms with E-state index < -0.39 is 23.5 Å². The summed E-state index contributed by atoms with van der Waals surface area (Å²) in [5.74, 6) is -0.894. The number of hydrogen-bond acceptors (Lipinski definition) is 2. The molecule has 1 rings (SSSR count). The fourth-order valence-corrected chi connectivity index (χ4v) is 0.681. The van der Waals surface area contributed by atoms with Crippen LogP contribution in [0.2, 0.25) is 0 Å². The highest BCUT2D eigenvalue weighted by Crippen LogP contribution is 2.17. The average molecular weight is 175 g/mol. The minimum Gasteiger partial charge on any atom is -0.298 e. The molecule has 0 atom stereocenters. The Labute approximate surface area is 66.0 Å². The van der Waals surface area contributed by atoms with Crippen molar-refractivity contribution in [2.75, 3.05) is 0 Å². The summed E-state index contributed by atoms with van der Waals surface area (Å²) in [7, 11) is 0. The quantitative estimate of drug-likeness (QED) is 0.643. The van der Waals surface area contributed by atoms with Gasteiger partial charge in [0.05, 0.1) is 11.8 Å². The summed E-state index contributed by atoms with van der Waals surface area (Å²) in [6, 6.07) is 0.729. The number of carbonyl (C=O) groups excluding carboxylic acids is 1. The van der Waals surface area contributed by atoms with Crippen LogP contribution in [0.1, 0.15) is 22.5 Å². The summed E-state index contributed by atoms with van der Waals surface area (Å²) in [6.07, 6.45) is -2.02. The van der Waals surface area contributed by atoms with E-state index in [9.17, 15) is 18.0 Å². The molecule has 0 spiro atoms. The molecule has 5 heteroatoms. The van der Waals surface area contributed by atoms with Crippen LogP contribution < -0.4 is 0 Å². The van der Waals surface area contributed by atoms with E-state index in [0.717, 1.165) is 6.07 Å². The predicted molar refractivity (Wildman–Crippen MR) is 34.5 cm³/mol. The third-order valence-corrected chi connectivity index (χ3v) is 1.26. The van der Waals surface area contributed by atoms with E-state index in [1.54, 1.807) is 0 Å². The van der Waals surface area contributed by atoms with Crippen LogP contribution >= 0.6 is 0 Å². The number of pyridine rings is 1. The molecule has 0 aromatic carbocycles. The zero-order chi connectivity index (χ0) is 9.14. The van der Waals surface area contributed by atoms with Gasteiger partial charge in [-0.1, -0.05) is 0 Å². The molecule has 1 aromatic rings. The fraction of sp³-hybridized carbons (Fsp3) is 0.143. The third-order valence-electron chi connectivity index (χ3n) is 1.26. The van der Waals surface area contributed by atoms with Crippen molar-refractivity contribution in [3.63, 3.8) is 0 Å². The Bertz CT molecular complexity index is 301. The van der Waals surface area contributed by atoms with Gasteiger partial charge in [-0.05, 0) is 6.07 Å². The zero-order valence-corrected chi connectivity index (χ0v) is 5.80. The van der Waals surface area contributed by atoms with Gasteiger partial charge in [0.15, 0.2) is 12.1 Å². The Hall–Kier alpha value is -1.39. The molecule has 2 nitrogen and oxygen atoms in total. The first kappa shape index (κ1) is 8.70. The van der Waals surface area contributed by atoms with Crippen molar-refractivity contribution in [3.05, 3.63) is 29.3 Å². The lowest BCUT2D eigenvalue weighted by molar-refractivity contribution is 0.111. The third kappa shape index (κ3) is 1.61. The first-order chi connectivity index (χ1) is 5.65. The number of rotatable bonds is 2. The molecule has 0 aliphatic carbocycles. The second-order valence-electron chi connectivity index (χ2n) is 2.05. The number of aromatic nitrogens is 1. The molecule has 1 aromatic heterocycles. The molecule has 1 heterocycles. The standard InChI is InChI=1S/C7H4F3NO/c8-5-2-11-6(7(9)10)1-4(5)3-12/h1-3,7H. The molecular weight excluding hydrogens is 171 g/mol. The van der Waals surface area contributed by atoms with E-state index in [-0.39, 0.29) is 6.29 Å². The number of halogens is 3. The van der Waals surface area contributed by atoms with Crippen molar-refractivity contribution >= 4 is 6.29 Å². The number of aldehydes is 1. The monoisotopic (exact) mass is 175 g/mol. The number of carbonyl (C=O) groups is 1. The minimum absolute atomic E-state index is 0.170. The van der Waals surface area contributed by atoms with E-state index in [4.69, 9.17) is 0 Å². The Morgan fingerprint density at radius 2 is 2.17 bits per heavy atom. The highest BCUT2D eigenvalue weighted by Gasteiger charge is 2.11. The average Bonchev–Trinajstić information content (AvgIpc) is 2.05. The van der Waals surface area contributed by atoms with Crippen molar-refractivity contribution in [1.82, 2.24) is 4.98 Å². The molecule has 0 aliphatic rings. The van der Waals surface area contributed by atoms with Crippen molar-refractivity contribution in [2.24, 2.45) is 0 Å². The van der Waals surface area contributed by atoms with E-state index in [1.165, 1.54) is 0 Å². The van der Waals surface area contributed by atoms with Gasteiger partial charge in [-0.2, -0.15) is 0 Å². The molecule has 0 aliphatic heterocycles. The molecule has 0 fully saturated rings. The van der Waals surface area contributed by atoms with Gasteiger partial charge in [0.2, 0.25) is 0 Å². The second kappa shape index (κ2) is 3.34. The molecule has 12 heavy (non-hydrogen) atoms. The fourth-order valence-electron chi connectivity index (χ4n) is 0.681. The van der Waals surface area contributed by atoms with E-state index >= 15 is 0 Å². The van der Waals surface area contributed by atoms with Gasteiger partial charge >= 0.3 is 0 Å². The van der Waals surface area contributed by atoms with Crippen LogP contribution in [0, 0.1) is 5.82 Å². The lowest BCUT2D eigenvalue weighted by Gasteiger charge is -1.98. The molecule has 0 saturated heterocycles. The van der Waals surface area contributed by atoms with Crippen LogP contribution in [0.25, 0.3) is 0 Å². The van der Waals surface area contributed by atoms with Crippen molar-refractivity contribution in [2.45, 2.75) is 6.43 Å². The number of hydrogen-bond donors (Lipinski definition) is 0. The molecule has 64 valence electrons. The molecular formula is C7H4F3NO. The van der Waals surface area contributed by atoms with Crippen LogP contribution in [0.3, 0.4) is 0 Å². The Morgan fingerprint density at radius 3 is 2.67 bits per heavy atom. The van der Waals surface area contributed by atoms with Gasteiger partial charge in [0.1, 0.15) is 5.69 Å². The first-order valence-electron chi connectivity index (χ1n) is 3.04. The minimum atomic E-state index is -2.79. The molecule has 0 bridgehead atoms. The maximum absolute atomic E-state index is 12.5. The predicted octanol–water partition coefficient (Wildman–Crippen LogP) is 1.97. The maximum atomic E-state index is 12.5. The number of nitrogens with zero attached hydrogens (tertiary/aromatic N) is 1. The lowest BCUT2D eigenvalue weighted by atomic mass is 10.2. The largest absolute Gasteiger partial charge is 0.298 e. The second-order valence-corrected chi connectivity index (χ2v) is 2.05. The maximum Gasteiger partial charge on any atom is 0.280 e. The summed E-state index contributed by atoms with van der Waals surface area (Å²) in [5, 5.41) is 0. The van der Waals surface area contributed by atoms with Crippen LogP contribution in [0.5, 0.6) is 0 Å². The zero-order valence-electron chi connectivity index (χ0n) is 5.80. The van der Waals surface area contributed by atoms with Gasteiger partial charge in [-0.15, -0.1) is 0 Å². The molecule has 0 N–H and O–H groups in total. The molecule has 0 amide bonds. The van der Waals surface area contributed by atoms with Gasteiger partial charge in [-0.3, -0.25) is 9.78 Å². The summed E-state index contributed by atoms with van der Waals surface area (Å²) in [4.78, 5) is 13.2. The van der Waals surface area contributed by atoms with Crippen LogP contribution in [-0.4, -0.2) is 11.3 Å². The smallest absolute Gasteiger partial charge is 0.280 e. The molecule has 0 saturated carbocycles. The van der Waals surface area contributed by atoms with E-state index in [2.05, 4.69) is 4.98 Å². The van der Waals surface area contributed by atoms with Gasteiger partial charge in [0.25, 0.3) is 6.43 Å². The summed E-state index contributed by atoms with van der Waals surface area (Å²) < 4.78 is 36.3. The SMILES string of the molecule is O=Cc1cc(C(F)F)ncc1F. The van der Waals surface area contributed by atoms with Crippen LogP contribution in [0.15, 0.2) is 12.3 Å². The Morgan fingerprint density at radius 1 is 1.50 bits per heavy atom. The molecule has 0 unspecified atom stereocenters. The van der Waals surface area contributed by atoms with Crippen LogP contribution in [0.4, 0.5) is 13.2 Å². The summed E-state index contributed by atoms with van der Waals surface area (Å²) >= 11 is 0. The summed E-state index contributed by atoms with van der Waals surface area (Å²) in [6.45, 7) is 0. The Kier molecular flexibility index (Phi) is 2.42. The van der Waals surface area contributed by atoms with Crippen molar-refractivity contribution < 1.29 is 18.0 Å². The van der Waals surface area contributed by atoms with Crippen molar-refractivity contribution in [3.8, 4) is 0 Å². The topological polar surface area (TPSA) is 30.0 Å². The highest BCUT2D eigenvalue weighted by molar-refractivity contribution is 5.75. The van der Waals surface area contributed by atoms with Crippen LogP contribution in [-0.2, 0) is 0 Å². The highest BCUT2D eigenvalue weighted by atomic mass is 19.3. The van der Waals surface area contributed by atoms with Gasteiger partial charge in [-0.25, -0.2) is 13.2 Å². The Balaban J connectivity index is 3.13. The van der Waals surface area contributed by atoms with Gasteiger partial charge < -0.3 is 0 Å². The van der Waals surface area contributed by atoms with Gasteiger partial charge in [0, 0.05) is 0 Å². The normalized spacial score (nSPS) is 10.3. The number of alkyl halides is 2. The first-order valence-corrected chi connectivity index (χ1v) is 3.04.